The topological polar surface area (TPSA) is 65.8 Å². The summed E-state index contributed by atoms with van der Waals surface area (Å²) in [6.07, 6.45) is 7.06. The Morgan fingerprint density at radius 3 is 2.50 bits per heavy atom. The van der Waals surface area contributed by atoms with E-state index in [1.807, 2.05) is 19.1 Å². The first kappa shape index (κ1) is 14.5. The molecule has 0 unspecified atom stereocenters. The Hall–Kier alpha value is -1.54. The number of azide groups is 1. The highest BCUT2D eigenvalue weighted by Crippen LogP contribution is 2.15. The lowest BCUT2D eigenvalue weighted by atomic mass is 9.96. The predicted octanol–water partition coefficient (Wildman–Crippen LogP) is 4.15. The minimum atomic E-state index is -0.483. The van der Waals surface area contributed by atoms with Gasteiger partial charge in [-0.2, -0.15) is 0 Å². The first-order valence-electron chi connectivity index (χ1n) is 5.38. The van der Waals surface area contributed by atoms with E-state index in [1.165, 1.54) is 0 Å². The van der Waals surface area contributed by atoms with E-state index < -0.39 is 5.91 Å². The van der Waals surface area contributed by atoms with Crippen molar-refractivity contribution in [1.29, 1.82) is 0 Å². The fourth-order valence-electron chi connectivity index (χ4n) is 1.09. The van der Waals surface area contributed by atoms with Gasteiger partial charge in [-0.15, -0.1) is 0 Å². The third-order valence-electron chi connectivity index (χ3n) is 1.82. The van der Waals surface area contributed by atoms with Gasteiger partial charge in [-0.05, 0) is 22.5 Å². The van der Waals surface area contributed by atoms with Crippen LogP contribution >= 0.6 is 0 Å². The Labute approximate surface area is 96.7 Å². The molecular weight excluding hydrogens is 202 g/mol. The highest BCUT2D eigenvalue weighted by atomic mass is 16.1. The van der Waals surface area contributed by atoms with Gasteiger partial charge >= 0.3 is 0 Å². The van der Waals surface area contributed by atoms with Crippen LogP contribution in [0, 0.1) is 5.41 Å². The summed E-state index contributed by atoms with van der Waals surface area (Å²) in [4.78, 5) is 13.9. The molecule has 0 aliphatic rings. The van der Waals surface area contributed by atoms with Gasteiger partial charge in [0.25, 0.3) is 0 Å². The average Bonchev–Trinajstić information content (AvgIpc) is 2.15. The summed E-state index contributed by atoms with van der Waals surface area (Å²) in [6.45, 7) is 8.20. The summed E-state index contributed by atoms with van der Waals surface area (Å²) >= 11 is 0. The first-order chi connectivity index (χ1) is 7.40. The number of rotatable bonds is 4. The van der Waals surface area contributed by atoms with Gasteiger partial charge < -0.3 is 0 Å². The number of hydrogen-bond donors (Lipinski definition) is 0. The number of nitrogens with zero attached hydrogens (tertiary/aromatic N) is 3. The monoisotopic (exact) mass is 221 g/mol. The second-order valence-electron chi connectivity index (χ2n) is 4.66. The van der Waals surface area contributed by atoms with Gasteiger partial charge in [-0.25, -0.2) is 0 Å². The normalized spacial score (nSPS) is 12.6. The van der Waals surface area contributed by atoms with Gasteiger partial charge in [0.05, 0.1) is 0 Å². The molecule has 1 amide bonds. The zero-order valence-electron chi connectivity index (χ0n) is 10.4. The van der Waals surface area contributed by atoms with Gasteiger partial charge in [-0.1, -0.05) is 52.3 Å². The van der Waals surface area contributed by atoms with Crippen molar-refractivity contribution in [2.45, 2.75) is 40.5 Å². The van der Waals surface area contributed by atoms with E-state index in [-0.39, 0.29) is 5.41 Å². The van der Waals surface area contributed by atoms with Crippen LogP contribution in [0.5, 0.6) is 0 Å². The molecule has 88 valence electrons. The van der Waals surface area contributed by atoms with Crippen molar-refractivity contribution in [3.8, 4) is 0 Å². The van der Waals surface area contributed by atoms with Crippen LogP contribution in [0.3, 0.4) is 0 Å². The molecule has 0 fully saturated rings. The summed E-state index contributed by atoms with van der Waals surface area (Å²) < 4.78 is 0. The summed E-state index contributed by atoms with van der Waals surface area (Å²) in [5.41, 5.74) is 8.84. The summed E-state index contributed by atoms with van der Waals surface area (Å²) in [5, 5.41) is 3.10. The number of hydrogen-bond acceptors (Lipinski definition) is 1. The van der Waals surface area contributed by atoms with E-state index in [4.69, 9.17) is 5.53 Å². The van der Waals surface area contributed by atoms with Crippen molar-refractivity contribution < 1.29 is 4.79 Å². The number of amides is 1. The average molecular weight is 221 g/mol. The van der Waals surface area contributed by atoms with Gasteiger partial charge in [0.15, 0.2) is 0 Å². The zero-order chi connectivity index (χ0) is 12.6. The van der Waals surface area contributed by atoms with Crippen molar-refractivity contribution >= 4 is 5.91 Å². The van der Waals surface area contributed by atoms with Crippen LogP contribution in [0.1, 0.15) is 40.5 Å². The number of carbonyl (C=O) groups excluding carboxylic acids is 1. The fraction of sp³-hybridized carbons (Fsp3) is 0.583. The maximum Gasteiger partial charge on any atom is 0.245 e. The van der Waals surface area contributed by atoms with E-state index in [2.05, 4.69) is 30.8 Å². The van der Waals surface area contributed by atoms with Gasteiger partial charge in [-0.3, -0.25) is 4.79 Å². The molecule has 4 heteroatoms. The molecule has 0 spiro atoms. The smallest absolute Gasteiger partial charge is 0.245 e. The Bertz CT molecular complexity index is 342. The third kappa shape index (κ3) is 6.85. The van der Waals surface area contributed by atoms with Gasteiger partial charge in [0.2, 0.25) is 5.91 Å². The van der Waals surface area contributed by atoms with Gasteiger partial charge in [0.1, 0.15) is 0 Å². The zero-order valence-corrected chi connectivity index (χ0v) is 10.4. The largest absolute Gasteiger partial charge is 0.287 e. The maximum absolute atomic E-state index is 11.4. The van der Waals surface area contributed by atoms with Crippen molar-refractivity contribution in [2.75, 3.05) is 0 Å². The molecule has 0 atom stereocenters. The highest BCUT2D eigenvalue weighted by molar-refractivity contribution is 5.94. The first-order valence-corrected chi connectivity index (χ1v) is 5.38. The molecule has 0 bridgehead atoms. The second kappa shape index (κ2) is 6.85. The quantitative estimate of drug-likeness (QED) is 0.231. The van der Waals surface area contributed by atoms with E-state index in [1.54, 1.807) is 6.08 Å². The van der Waals surface area contributed by atoms with Crippen LogP contribution in [-0.2, 0) is 4.79 Å². The molecule has 16 heavy (non-hydrogen) atoms. The second-order valence-corrected chi connectivity index (χ2v) is 4.66. The molecule has 0 saturated heterocycles. The van der Waals surface area contributed by atoms with Crippen LogP contribution in [0.4, 0.5) is 0 Å². The van der Waals surface area contributed by atoms with Crippen LogP contribution < -0.4 is 0 Å². The van der Waals surface area contributed by atoms with Crippen LogP contribution in [0.25, 0.3) is 10.4 Å². The molecular formula is C12H19N3O. The minimum Gasteiger partial charge on any atom is -0.287 e. The minimum absolute atomic E-state index is 0.0787. The molecule has 0 aliphatic heterocycles. The molecule has 0 aromatic carbocycles. The maximum atomic E-state index is 11.4. The predicted molar refractivity (Wildman–Crippen MR) is 65.7 cm³/mol. The van der Waals surface area contributed by atoms with Crippen LogP contribution in [0.2, 0.25) is 0 Å². The van der Waals surface area contributed by atoms with Crippen molar-refractivity contribution in [3.05, 3.63) is 34.2 Å². The molecule has 0 rings (SSSR count). The van der Waals surface area contributed by atoms with E-state index in [0.29, 0.717) is 12.0 Å². The van der Waals surface area contributed by atoms with Crippen molar-refractivity contribution in [3.63, 3.8) is 0 Å². The highest BCUT2D eigenvalue weighted by Gasteiger charge is 2.06. The Kier molecular flexibility index (Phi) is 6.19. The molecule has 4 nitrogen and oxygen atoms in total. The van der Waals surface area contributed by atoms with E-state index in [0.717, 1.165) is 6.42 Å². The Morgan fingerprint density at radius 1 is 1.44 bits per heavy atom. The summed E-state index contributed by atoms with van der Waals surface area (Å²) in [7, 11) is 0. The fourth-order valence-corrected chi connectivity index (χ4v) is 1.09. The van der Waals surface area contributed by atoms with Crippen LogP contribution in [-0.4, -0.2) is 5.91 Å². The lowest BCUT2D eigenvalue weighted by molar-refractivity contribution is -0.114. The van der Waals surface area contributed by atoms with E-state index >= 15 is 0 Å². The standard InChI is InChI=1S/C12H19N3O/c1-5-7-10(11(16)14-15-13)8-6-9-12(2,3)4/h6,8-9H,5,7H2,1-4H3/b9-6+,10-8+. The molecule has 0 aromatic heterocycles. The lowest BCUT2D eigenvalue weighted by Gasteiger charge is -2.10. The molecule has 0 aliphatic carbocycles. The van der Waals surface area contributed by atoms with Gasteiger partial charge in [0, 0.05) is 10.5 Å². The lowest BCUT2D eigenvalue weighted by Crippen LogP contribution is -1.99. The summed E-state index contributed by atoms with van der Waals surface area (Å²) in [6, 6.07) is 0. The molecule has 0 radical (unpaired) electrons. The van der Waals surface area contributed by atoms with Crippen molar-refractivity contribution in [2.24, 2.45) is 10.5 Å². The molecule has 0 aromatic rings. The Morgan fingerprint density at radius 2 is 2.06 bits per heavy atom. The molecule has 0 saturated carbocycles. The number of carbonyl (C=O) groups is 1. The Balaban J connectivity index is 4.78. The van der Waals surface area contributed by atoms with Crippen molar-refractivity contribution in [1.82, 2.24) is 0 Å². The van der Waals surface area contributed by atoms with Crippen LogP contribution in [0.15, 0.2) is 28.9 Å². The molecule has 0 heterocycles. The summed E-state index contributed by atoms with van der Waals surface area (Å²) in [5.74, 6) is -0.483. The number of allylic oxidation sites excluding steroid dienone is 3. The molecule has 0 N–H and O–H groups in total. The third-order valence-corrected chi connectivity index (χ3v) is 1.82. The van der Waals surface area contributed by atoms with E-state index in [9.17, 15) is 4.79 Å². The SMILES string of the molecule is CCC/C(=C\C=C\C(C)(C)C)C(=O)N=[N+]=[N-].